The Morgan fingerprint density at radius 2 is 1.70 bits per heavy atom. The first-order valence-corrected chi connectivity index (χ1v) is 2.76. The van der Waals surface area contributed by atoms with Crippen molar-refractivity contribution in [3.8, 4) is 0 Å². The summed E-state index contributed by atoms with van der Waals surface area (Å²) in [5, 5.41) is 0. The van der Waals surface area contributed by atoms with Gasteiger partial charge >= 0.3 is 58.4 Å². The molecule has 0 nitrogen and oxygen atoms in total. The number of hydrogen-bond donors (Lipinski definition) is 0. The third-order valence-electron chi connectivity index (χ3n) is 0.793. The quantitative estimate of drug-likeness (QED) is 0.404. The monoisotopic (exact) mass is 176 g/mol. The number of rotatable bonds is 2. The molecule has 0 aromatic rings. The maximum absolute atomic E-state index is 11.4. The van der Waals surface area contributed by atoms with Crippen molar-refractivity contribution >= 4 is 6.98 Å². The molecule has 0 heterocycles. The van der Waals surface area contributed by atoms with Crippen LogP contribution in [-0.2, 0) is 0 Å². The molecule has 0 bridgehead atoms. The summed E-state index contributed by atoms with van der Waals surface area (Å²) in [5.41, 5.74) is 0.717. The minimum Gasteiger partial charge on any atom is -0.449 e. The molecule has 0 saturated carbocycles. The second-order valence-electron chi connectivity index (χ2n) is 2.23. The average Bonchev–Trinajstić information content (AvgIpc) is 1.59. The van der Waals surface area contributed by atoms with Crippen LogP contribution in [0.15, 0.2) is 11.6 Å². The Labute approximate surface area is 102 Å². The number of allylic oxidation sites excluding steroid dienone is 2. The Morgan fingerprint density at radius 1 is 1.30 bits per heavy atom. The van der Waals surface area contributed by atoms with Gasteiger partial charge in [-0.2, -0.15) is 0 Å². The van der Waals surface area contributed by atoms with Gasteiger partial charge in [0.1, 0.15) is 0 Å². The molecule has 0 fully saturated rings. The summed E-state index contributed by atoms with van der Waals surface area (Å²) in [4.78, 5) is 0. The van der Waals surface area contributed by atoms with Crippen molar-refractivity contribution in [1.82, 2.24) is 0 Å². The summed E-state index contributed by atoms with van der Waals surface area (Å²) >= 11 is 0. The molecule has 0 radical (unpaired) electrons. The standard InChI is InChI=1S/C5H9BF3.K/c1-5(2)3-4-6(7,8)9;/h3H,4H2,1-2H3;/q-1;+1. The Kier molecular flexibility index (Phi) is 8.04. The summed E-state index contributed by atoms with van der Waals surface area (Å²) in [6.07, 6.45) is 0.447. The van der Waals surface area contributed by atoms with Gasteiger partial charge in [0, 0.05) is 0 Å². The summed E-state index contributed by atoms with van der Waals surface area (Å²) in [7, 11) is 0. The summed E-state index contributed by atoms with van der Waals surface area (Å²) in [6, 6.07) is 0. The molecule has 0 aliphatic heterocycles. The van der Waals surface area contributed by atoms with Crippen molar-refractivity contribution in [2.45, 2.75) is 20.2 Å². The normalized spacial score (nSPS) is 10.1. The van der Waals surface area contributed by atoms with Crippen molar-refractivity contribution in [3.63, 3.8) is 0 Å². The topological polar surface area (TPSA) is 0 Å². The largest absolute Gasteiger partial charge is 1.00 e. The number of halogens is 3. The van der Waals surface area contributed by atoms with Crippen LogP contribution < -0.4 is 51.4 Å². The van der Waals surface area contributed by atoms with E-state index in [-0.39, 0.29) is 51.4 Å². The van der Waals surface area contributed by atoms with Crippen LogP contribution in [0.25, 0.3) is 0 Å². The molecular formula is C5H9BF3K. The van der Waals surface area contributed by atoms with E-state index >= 15 is 0 Å². The fourth-order valence-electron chi connectivity index (χ4n) is 0.369. The third kappa shape index (κ3) is 12.0. The molecule has 0 aliphatic carbocycles. The molecule has 0 aliphatic rings. The Bertz CT molecular complexity index is 115. The van der Waals surface area contributed by atoms with E-state index in [4.69, 9.17) is 0 Å². The molecule has 0 N–H and O–H groups in total. The molecule has 0 spiro atoms. The second kappa shape index (κ2) is 5.83. The van der Waals surface area contributed by atoms with Crippen molar-refractivity contribution in [2.75, 3.05) is 0 Å². The maximum Gasteiger partial charge on any atom is 1.00 e. The van der Waals surface area contributed by atoms with E-state index in [1.807, 2.05) is 0 Å². The van der Waals surface area contributed by atoms with Crippen LogP contribution >= 0.6 is 0 Å². The zero-order chi connectivity index (χ0) is 7.49. The van der Waals surface area contributed by atoms with Crippen LogP contribution in [0.2, 0.25) is 6.32 Å². The van der Waals surface area contributed by atoms with Gasteiger partial charge in [0.25, 0.3) is 0 Å². The maximum atomic E-state index is 11.4. The zero-order valence-corrected chi connectivity index (χ0v) is 9.62. The fourth-order valence-corrected chi connectivity index (χ4v) is 0.369. The van der Waals surface area contributed by atoms with Gasteiger partial charge in [-0.05, 0) is 13.8 Å². The van der Waals surface area contributed by atoms with Crippen LogP contribution in [0.4, 0.5) is 12.9 Å². The smallest absolute Gasteiger partial charge is 0.449 e. The van der Waals surface area contributed by atoms with Gasteiger partial charge < -0.3 is 12.9 Å². The van der Waals surface area contributed by atoms with E-state index in [2.05, 4.69) is 0 Å². The Hall–Kier alpha value is 1.23. The SMILES string of the molecule is CC(C)=CC[B-](F)(F)F.[K+]. The zero-order valence-electron chi connectivity index (χ0n) is 6.50. The molecule has 0 unspecified atom stereocenters. The Morgan fingerprint density at radius 3 is 1.80 bits per heavy atom. The summed E-state index contributed by atoms with van der Waals surface area (Å²) < 4.78 is 34.3. The van der Waals surface area contributed by atoms with Gasteiger partial charge in [-0.25, -0.2) is 0 Å². The fraction of sp³-hybridized carbons (Fsp3) is 0.600. The molecule has 0 aromatic heterocycles. The van der Waals surface area contributed by atoms with Crippen LogP contribution in [0.3, 0.4) is 0 Å². The van der Waals surface area contributed by atoms with Gasteiger partial charge in [0.05, 0.1) is 0 Å². The van der Waals surface area contributed by atoms with Crippen LogP contribution in [-0.4, -0.2) is 6.98 Å². The first kappa shape index (κ1) is 13.8. The minimum absolute atomic E-state index is 0. The predicted octanol–water partition coefficient (Wildman–Crippen LogP) is -0.196. The summed E-state index contributed by atoms with van der Waals surface area (Å²) in [6.45, 7) is -1.30. The van der Waals surface area contributed by atoms with Gasteiger partial charge in [-0.15, -0.1) is 6.08 Å². The molecule has 0 saturated heterocycles. The van der Waals surface area contributed by atoms with E-state index in [0.717, 1.165) is 0 Å². The van der Waals surface area contributed by atoms with Crippen LogP contribution in [0.1, 0.15) is 13.8 Å². The molecular weight excluding hydrogens is 167 g/mol. The van der Waals surface area contributed by atoms with Crippen molar-refractivity contribution in [1.29, 1.82) is 0 Å². The van der Waals surface area contributed by atoms with Gasteiger partial charge in [-0.3, -0.25) is 0 Å². The second-order valence-corrected chi connectivity index (χ2v) is 2.23. The van der Waals surface area contributed by atoms with Gasteiger partial charge in [0.2, 0.25) is 0 Å². The van der Waals surface area contributed by atoms with Crippen molar-refractivity contribution in [2.24, 2.45) is 0 Å². The Balaban J connectivity index is 0. The average molecular weight is 176 g/mol. The molecule has 0 atom stereocenters. The molecule has 54 valence electrons. The van der Waals surface area contributed by atoms with Crippen molar-refractivity contribution < 1.29 is 64.3 Å². The number of hydrogen-bond acceptors (Lipinski definition) is 0. The van der Waals surface area contributed by atoms with Crippen LogP contribution in [0.5, 0.6) is 0 Å². The first-order valence-electron chi connectivity index (χ1n) is 2.76. The molecule has 0 amide bonds. The van der Waals surface area contributed by atoms with E-state index in [1.54, 1.807) is 13.8 Å². The molecule has 0 aromatic carbocycles. The molecule has 0 rings (SSSR count). The third-order valence-corrected chi connectivity index (χ3v) is 0.793. The van der Waals surface area contributed by atoms with Crippen molar-refractivity contribution in [3.05, 3.63) is 11.6 Å². The van der Waals surface area contributed by atoms with E-state index < -0.39 is 13.3 Å². The van der Waals surface area contributed by atoms with Gasteiger partial charge in [-0.1, -0.05) is 11.9 Å². The van der Waals surface area contributed by atoms with Crippen LogP contribution in [0, 0.1) is 0 Å². The predicted molar refractivity (Wildman–Crippen MR) is 33.3 cm³/mol. The van der Waals surface area contributed by atoms with E-state index in [9.17, 15) is 12.9 Å². The van der Waals surface area contributed by atoms with E-state index in [0.29, 0.717) is 5.57 Å². The molecule has 5 heteroatoms. The molecule has 10 heavy (non-hydrogen) atoms. The summed E-state index contributed by atoms with van der Waals surface area (Å²) in [5.74, 6) is 0. The van der Waals surface area contributed by atoms with Gasteiger partial charge in [0.15, 0.2) is 0 Å². The van der Waals surface area contributed by atoms with E-state index in [1.165, 1.54) is 6.08 Å². The minimum atomic E-state index is -4.61. The first-order chi connectivity index (χ1) is 3.92.